The van der Waals surface area contributed by atoms with E-state index >= 15 is 0 Å². The number of nitrogens with one attached hydrogen (secondary N) is 1. The summed E-state index contributed by atoms with van der Waals surface area (Å²) in [4.78, 5) is 8.59. The van der Waals surface area contributed by atoms with Crippen molar-refractivity contribution >= 4 is 33.1 Å². The topological polar surface area (TPSA) is 95.7 Å². The van der Waals surface area contributed by atoms with Crippen LogP contribution in [-0.2, 0) is 21.3 Å². The van der Waals surface area contributed by atoms with Crippen LogP contribution >= 0.6 is 11.8 Å². The summed E-state index contributed by atoms with van der Waals surface area (Å²) >= 11 is 1.40. The summed E-state index contributed by atoms with van der Waals surface area (Å²) in [5.74, 6) is 0.585. The van der Waals surface area contributed by atoms with Crippen LogP contribution in [-0.4, -0.2) is 24.6 Å². The molecule has 118 valence electrons. The Balaban J connectivity index is 1.98. The number of sulfone groups is 1. The molecule has 1 aliphatic rings. The number of anilines is 2. The van der Waals surface area contributed by atoms with Crippen molar-refractivity contribution < 1.29 is 8.42 Å². The molecule has 0 aliphatic carbocycles. The minimum Gasteiger partial charge on any atom is -0.339 e. The van der Waals surface area contributed by atoms with Crippen LogP contribution in [0.2, 0.25) is 0 Å². The quantitative estimate of drug-likeness (QED) is 0.674. The summed E-state index contributed by atoms with van der Waals surface area (Å²) in [6, 6.07) is 7.52. The summed E-state index contributed by atoms with van der Waals surface area (Å²) in [6.45, 7) is 1.76. The lowest BCUT2D eigenvalue weighted by atomic mass is 10.1. The summed E-state index contributed by atoms with van der Waals surface area (Å²) in [7, 11) is -3.03. The normalized spacial score (nSPS) is 15.0. The van der Waals surface area contributed by atoms with Crippen molar-refractivity contribution in [1.29, 1.82) is 5.26 Å². The maximum absolute atomic E-state index is 11.7. The third-order valence-corrected chi connectivity index (χ3v) is 5.63. The zero-order valence-corrected chi connectivity index (χ0v) is 14.3. The van der Waals surface area contributed by atoms with Crippen molar-refractivity contribution in [2.75, 3.05) is 11.6 Å². The zero-order valence-electron chi connectivity index (χ0n) is 12.6. The van der Waals surface area contributed by atoms with Crippen LogP contribution in [0.3, 0.4) is 0 Å². The van der Waals surface area contributed by atoms with Gasteiger partial charge in [0.2, 0.25) is 0 Å². The molecule has 1 N–H and O–H groups in total. The molecule has 0 unspecified atom stereocenters. The highest BCUT2D eigenvalue weighted by molar-refractivity contribution is 7.98. The molecule has 23 heavy (non-hydrogen) atoms. The SMILES string of the molecule is CSc1nc(C)c(C#N)c(Nc2ccc3c(c2)CS(=O)(=O)C3)n1. The van der Waals surface area contributed by atoms with Gasteiger partial charge in [-0.05, 0) is 36.4 Å². The molecule has 1 aliphatic heterocycles. The number of hydrogen-bond donors (Lipinski definition) is 1. The number of nitriles is 1. The number of rotatable bonds is 3. The predicted octanol–water partition coefficient (Wildman–Crippen LogP) is 2.55. The number of fused-ring (bicyclic) bond motifs is 1. The molecular formula is C15H14N4O2S2. The van der Waals surface area contributed by atoms with Gasteiger partial charge in [-0.2, -0.15) is 5.26 Å². The lowest BCUT2D eigenvalue weighted by Crippen LogP contribution is -2.03. The van der Waals surface area contributed by atoms with Gasteiger partial charge in [-0.1, -0.05) is 17.8 Å². The Hall–Kier alpha value is -2.11. The fourth-order valence-corrected chi connectivity index (χ4v) is 4.51. The highest BCUT2D eigenvalue weighted by Crippen LogP contribution is 2.29. The third-order valence-electron chi connectivity index (χ3n) is 3.58. The molecule has 0 fully saturated rings. The van der Waals surface area contributed by atoms with Gasteiger partial charge in [0.1, 0.15) is 11.6 Å². The van der Waals surface area contributed by atoms with Gasteiger partial charge in [0.15, 0.2) is 20.8 Å². The van der Waals surface area contributed by atoms with Gasteiger partial charge in [0.25, 0.3) is 0 Å². The van der Waals surface area contributed by atoms with Gasteiger partial charge in [0, 0.05) is 5.69 Å². The summed E-state index contributed by atoms with van der Waals surface area (Å²) in [5, 5.41) is 13.0. The monoisotopic (exact) mass is 346 g/mol. The fraction of sp³-hybridized carbons (Fsp3) is 0.267. The second-order valence-electron chi connectivity index (χ2n) is 5.27. The maximum Gasteiger partial charge on any atom is 0.189 e. The Bertz CT molecular complexity index is 933. The van der Waals surface area contributed by atoms with Crippen molar-refractivity contribution in [3.63, 3.8) is 0 Å². The number of hydrogen-bond acceptors (Lipinski definition) is 7. The van der Waals surface area contributed by atoms with E-state index in [4.69, 9.17) is 0 Å². The molecule has 1 aromatic heterocycles. The summed E-state index contributed by atoms with van der Waals surface area (Å²) < 4.78 is 23.4. The van der Waals surface area contributed by atoms with Crippen molar-refractivity contribution in [1.82, 2.24) is 9.97 Å². The van der Waals surface area contributed by atoms with Gasteiger partial charge < -0.3 is 5.32 Å². The Labute approximate surface area is 138 Å². The van der Waals surface area contributed by atoms with Crippen LogP contribution in [0.15, 0.2) is 23.4 Å². The molecule has 0 amide bonds. The molecule has 0 saturated heterocycles. The molecule has 1 aromatic carbocycles. The van der Waals surface area contributed by atoms with E-state index in [1.807, 2.05) is 6.26 Å². The highest BCUT2D eigenvalue weighted by Gasteiger charge is 2.24. The van der Waals surface area contributed by atoms with Crippen LogP contribution in [0, 0.1) is 18.3 Å². The highest BCUT2D eigenvalue weighted by atomic mass is 32.2. The van der Waals surface area contributed by atoms with Crippen molar-refractivity contribution in [3.8, 4) is 6.07 Å². The molecule has 0 radical (unpaired) electrons. The molecular weight excluding hydrogens is 332 g/mol. The Morgan fingerprint density at radius 2 is 2.00 bits per heavy atom. The second-order valence-corrected chi connectivity index (χ2v) is 8.11. The third kappa shape index (κ3) is 3.16. The number of thioether (sulfide) groups is 1. The Morgan fingerprint density at radius 1 is 1.26 bits per heavy atom. The van der Waals surface area contributed by atoms with Gasteiger partial charge in [-0.15, -0.1) is 0 Å². The maximum atomic E-state index is 11.7. The minimum atomic E-state index is -3.03. The van der Waals surface area contributed by atoms with Crippen LogP contribution in [0.25, 0.3) is 0 Å². The van der Waals surface area contributed by atoms with Gasteiger partial charge in [-0.25, -0.2) is 18.4 Å². The molecule has 0 saturated carbocycles. The van der Waals surface area contributed by atoms with E-state index in [0.717, 1.165) is 11.1 Å². The van der Waals surface area contributed by atoms with E-state index in [9.17, 15) is 13.7 Å². The molecule has 6 nitrogen and oxygen atoms in total. The summed E-state index contributed by atoms with van der Waals surface area (Å²) in [6.07, 6.45) is 1.87. The van der Waals surface area contributed by atoms with E-state index in [2.05, 4.69) is 21.4 Å². The van der Waals surface area contributed by atoms with E-state index < -0.39 is 9.84 Å². The molecule has 0 spiro atoms. The smallest absolute Gasteiger partial charge is 0.189 e. The van der Waals surface area contributed by atoms with E-state index in [-0.39, 0.29) is 11.5 Å². The molecule has 3 rings (SSSR count). The number of nitrogens with zero attached hydrogens (tertiary/aromatic N) is 3. The van der Waals surface area contributed by atoms with Gasteiger partial charge in [0.05, 0.1) is 17.2 Å². The Morgan fingerprint density at radius 3 is 2.70 bits per heavy atom. The minimum absolute atomic E-state index is 0.0574. The molecule has 8 heteroatoms. The Kier molecular flexibility index (Phi) is 4.00. The number of aromatic nitrogens is 2. The van der Waals surface area contributed by atoms with E-state index in [1.54, 1.807) is 25.1 Å². The molecule has 2 heterocycles. The number of aryl methyl sites for hydroxylation is 1. The van der Waals surface area contributed by atoms with Crippen molar-refractivity contribution in [3.05, 3.63) is 40.6 Å². The van der Waals surface area contributed by atoms with Crippen LogP contribution < -0.4 is 5.32 Å². The summed E-state index contributed by atoms with van der Waals surface area (Å²) in [5.41, 5.74) is 3.33. The van der Waals surface area contributed by atoms with Crippen molar-refractivity contribution in [2.24, 2.45) is 0 Å². The van der Waals surface area contributed by atoms with E-state index in [0.29, 0.717) is 27.9 Å². The lowest BCUT2D eigenvalue weighted by Gasteiger charge is -2.11. The van der Waals surface area contributed by atoms with Gasteiger partial charge in [-0.3, -0.25) is 0 Å². The first-order chi connectivity index (χ1) is 10.9. The molecule has 0 atom stereocenters. The largest absolute Gasteiger partial charge is 0.339 e. The first-order valence-corrected chi connectivity index (χ1v) is 9.88. The van der Waals surface area contributed by atoms with Gasteiger partial charge >= 0.3 is 0 Å². The van der Waals surface area contributed by atoms with Crippen LogP contribution in [0.5, 0.6) is 0 Å². The van der Waals surface area contributed by atoms with Crippen LogP contribution in [0.1, 0.15) is 22.4 Å². The molecule has 2 aromatic rings. The average Bonchev–Trinajstić information content (AvgIpc) is 2.80. The first-order valence-electron chi connectivity index (χ1n) is 6.84. The molecule has 0 bridgehead atoms. The average molecular weight is 346 g/mol. The number of benzene rings is 1. The van der Waals surface area contributed by atoms with Crippen LogP contribution in [0.4, 0.5) is 11.5 Å². The lowest BCUT2D eigenvalue weighted by molar-refractivity contribution is 0.598. The second kappa shape index (κ2) is 5.83. The first kappa shape index (κ1) is 15.8. The fourth-order valence-electron chi connectivity index (χ4n) is 2.50. The standard InChI is InChI=1S/C15H14N4O2S2/c1-9-13(6-16)14(19-15(17-9)22-2)18-12-4-3-10-7-23(20,21)8-11(10)5-12/h3-5H,7-8H2,1-2H3,(H,17,18,19). The van der Waals surface area contributed by atoms with E-state index in [1.165, 1.54) is 11.8 Å². The zero-order chi connectivity index (χ0) is 16.6. The predicted molar refractivity (Wildman–Crippen MR) is 89.3 cm³/mol. The van der Waals surface area contributed by atoms with Crippen molar-refractivity contribution in [2.45, 2.75) is 23.6 Å².